The van der Waals surface area contributed by atoms with Gasteiger partial charge in [-0.05, 0) is 30.3 Å². The largest absolute Gasteiger partial charge is 0.395 e. The van der Waals surface area contributed by atoms with Crippen LogP contribution in [0.15, 0.2) is 82.6 Å². The van der Waals surface area contributed by atoms with Gasteiger partial charge in [0.25, 0.3) is 5.69 Å². The number of carbonyl (C=O) groups excluding carboxylic acids is 1. The lowest BCUT2D eigenvalue weighted by Gasteiger charge is -2.14. The number of hydrogen-bond acceptors (Lipinski definition) is 7. The minimum absolute atomic E-state index is 0.0840. The zero-order chi connectivity index (χ0) is 22.1. The number of carbonyl (C=O) groups is 1. The van der Waals surface area contributed by atoms with E-state index in [2.05, 4.69) is 16.0 Å². The van der Waals surface area contributed by atoms with Crippen molar-refractivity contribution < 1.29 is 14.8 Å². The zero-order valence-electron chi connectivity index (χ0n) is 16.6. The number of nitrogens with zero attached hydrogens (tertiary/aromatic N) is 1. The molecule has 3 aromatic carbocycles. The Balaban J connectivity index is 1.68. The quantitative estimate of drug-likeness (QED) is 0.277. The topological polar surface area (TPSA) is 117 Å². The molecule has 0 fully saturated rings. The molecule has 0 radical (unpaired) electrons. The maximum Gasteiger partial charge on any atom is 0.271 e. The summed E-state index contributed by atoms with van der Waals surface area (Å²) in [5.41, 5.74) is 1.56. The molecule has 4 N–H and O–H groups in total. The lowest BCUT2D eigenvalue weighted by molar-refractivity contribution is -0.384. The predicted molar refractivity (Wildman–Crippen MR) is 123 cm³/mol. The lowest BCUT2D eigenvalue weighted by Crippen LogP contribution is -2.22. The zero-order valence-corrected chi connectivity index (χ0v) is 17.4. The average Bonchev–Trinajstić information content (AvgIpc) is 2.78. The molecule has 0 aliphatic carbocycles. The molecule has 0 heterocycles. The van der Waals surface area contributed by atoms with Gasteiger partial charge in [-0.25, -0.2) is 0 Å². The molecule has 0 aliphatic rings. The smallest absolute Gasteiger partial charge is 0.271 e. The predicted octanol–water partition coefficient (Wildman–Crippen LogP) is 4.20. The normalized spacial score (nSPS) is 10.4. The summed E-state index contributed by atoms with van der Waals surface area (Å²) in [6, 6.07) is 21.6. The van der Waals surface area contributed by atoms with Crippen LogP contribution in [0.2, 0.25) is 0 Å². The molecule has 1 amide bonds. The third kappa shape index (κ3) is 6.46. The number of nitrogens with one attached hydrogen (secondary N) is 3. The van der Waals surface area contributed by atoms with Crippen LogP contribution in [0.3, 0.4) is 0 Å². The van der Waals surface area contributed by atoms with E-state index in [-0.39, 0.29) is 31.3 Å². The molecule has 0 saturated heterocycles. The number of benzene rings is 3. The molecule has 3 aromatic rings. The molecular weight excluding hydrogens is 416 g/mol. The Morgan fingerprint density at radius 1 is 0.935 bits per heavy atom. The van der Waals surface area contributed by atoms with E-state index in [0.29, 0.717) is 17.1 Å². The van der Waals surface area contributed by atoms with Crippen LogP contribution in [0.25, 0.3) is 0 Å². The van der Waals surface area contributed by atoms with Crippen LogP contribution in [0, 0.1) is 10.1 Å². The number of aliphatic hydroxyl groups is 1. The van der Waals surface area contributed by atoms with Gasteiger partial charge < -0.3 is 21.1 Å². The van der Waals surface area contributed by atoms with Crippen molar-refractivity contribution in [2.45, 2.75) is 9.79 Å². The number of hydrogen-bond donors (Lipinski definition) is 4. The molecule has 160 valence electrons. The van der Waals surface area contributed by atoms with Crippen molar-refractivity contribution >= 4 is 40.4 Å². The Labute approximate surface area is 183 Å². The Hall–Kier alpha value is -3.56. The Kier molecular flexibility index (Phi) is 7.85. The van der Waals surface area contributed by atoms with E-state index in [1.807, 2.05) is 54.6 Å². The van der Waals surface area contributed by atoms with Gasteiger partial charge in [0.1, 0.15) is 0 Å². The summed E-state index contributed by atoms with van der Waals surface area (Å²) in [5, 5.41) is 28.9. The first kappa shape index (κ1) is 22.1. The molecule has 0 atom stereocenters. The highest BCUT2D eigenvalue weighted by Gasteiger charge is 2.13. The second-order valence-corrected chi connectivity index (χ2v) is 7.57. The van der Waals surface area contributed by atoms with E-state index in [9.17, 15) is 14.9 Å². The molecule has 3 rings (SSSR count). The van der Waals surface area contributed by atoms with Gasteiger partial charge in [-0.3, -0.25) is 14.9 Å². The summed E-state index contributed by atoms with van der Waals surface area (Å²) in [6.45, 7) is 0.106. The van der Waals surface area contributed by atoms with E-state index in [0.717, 1.165) is 9.79 Å². The maximum atomic E-state index is 12.6. The summed E-state index contributed by atoms with van der Waals surface area (Å²) < 4.78 is 0. The summed E-state index contributed by atoms with van der Waals surface area (Å²) in [6.07, 6.45) is 0. The highest BCUT2D eigenvalue weighted by atomic mass is 32.2. The Morgan fingerprint density at radius 2 is 1.68 bits per heavy atom. The Bertz CT molecular complexity index is 1050. The summed E-state index contributed by atoms with van der Waals surface area (Å²) in [4.78, 5) is 25.1. The summed E-state index contributed by atoms with van der Waals surface area (Å²) >= 11 is 1.54. The lowest BCUT2D eigenvalue weighted by atomic mass is 10.2. The van der Waals surface area contributed by atoms with Crippen LogP contribution in [-0.2, 0) is 4.79 Å². The number of rotatable bonds is 10. The fourth-order valence-corrected chi connectivity index (χ4v) is 3.70. The van der Waals surface area contributed by atoms with Crippen molar-refractivity contribution in [2.24, 2.45) is 0 Å². The van der Waals surface area contributed by atoms with Crippen molar-refractivity contribution in [2.75, 3.05) is 35.6 Å². The number of nitro benzene ring substituents is 1. The molecule has 0 aliphatic heterocycles. The highest BCUT2D eigenvalue weighted by molar-refractivity contribution is 7.99. The first-order chi connectivity index (χ1) is 15.1. The van der Waals surface area contributed by atoms with Gasteiger partial charge in [0, 0.05) is 28.5 Å². The standard InChI is InChI=1S/C22H22N4O4S/c27-13-12-23-18-11-10-16(26(29)30)14-20(18)24-15-22(28)25-19-8-4-5-9-21(19)31-17-6-2-1-3-7-17/h1-11,14,23-24,27H,12-13,15H2,(H,25,28). The molecule has 31 heavy (non-hydrogen) atoms. The van der Waals surface area contributed by atoms with Crippen LogP contribution in [0.5, 0.6) is 0 Å². The van der Waals surface area contributed by atoms with Gasteiger partial charge in [0.05, 0.1) is 35.1 Å². The van der Waals surface area contributed by atoms with Gasteiger partial charge >= 0.3 is 0 Å². The van der Waals surface area contributed by atoms with Crippen molar-refractivity contribution in [1.82, 2.24) is 0 Å². The number of para-hydroxylation sites is 1. The van der Waals surface area contributed by atoms with Crippen molar-refractivity contribution in [3.63, 3.8) is 0 Å². The number of non-ortho nitro benzene ring substituents is 1. The van der Waals surface area contributed by atoms with Gasteiger partial charge in [0.15, 0.2) is 0 Å². The second kappa shape index (κ2) is 11.0. The van der Waals surface area contributed by atoms with Gasteiger partial charge in [0.2, 0.25) is 5.91 Å². The monoisotopic (exact) mass is 438 g/mol. The molecule has 8 nitrogen and oxygen atoms in total. The van der Waals surface area contributed by atoms with Gasteiger partial charge in [-0.15, -0.1) is 0 Å². The van der Waals surface area contributed by atoms with Crippen molar-refractivity contribution in [1.29, 1.82) is 0 Å². The van der Waals surface area contributed by atoms with Gasteiger partial charge in [-0.2, -0.15) is 0 Å². The fourth-order valence-electron chi connectivity index (χ4n) is 2.78. The number of amides is 1. The van der Waals surface area contributed by atoms with Crippen LogP contribution in [0.1, 0.15) is 0 Å². The third-order valence-corrected chi connectivity index (χ3v) is 5.30. The second-order valence-electron chi connectivity index (χ2n) is 6.45. The van der Waals surface area contributed by atoms with E-state index >= 15 is 0 Å². The SMILES string of the molecule is O=C(CNc1cc([N+](=O)[O-])ccc1NCCO)Nc1ccccc1Sc1ccccc1. The van der Waals surface area contributed by atoms with E-state index < -0.39 is 4.92 Å². The molecule has 9 heteroatoms. The number of aliphatic hydroxyl groups excluding tert-OH is 1. The molecular formula is C22H22N4O4S. The van der Waals surface area contributed by atoms with Crippen LogP contribution >= 0.6 is 11.8 Å². The first-order valence-corrected chi connectivity index (χ1v) is 10.4. The van der Waals surface area contributed by atoms with E-state index in [1.54, 1.807) is 17.8 Å². The van der Waals surface area contributed by atoms with Gasteiger partial charge in [-0.1, -0.05) is 42.1 Å². The van der Waals surface area contributed by atoms with E-state index in [4.69, 9.17) is 5.11 Å². The molecule has 0 bridgehead atoms. The van der Waals surface area contributed by atoms with Crippen LogP contribution in [0.4, 0.5) is 22.7 Å². The van der Waals surface area contributed by atoms with E-state index in [1.165, 1.54) is 12.1 Å². The molecule has 0 aromatic heterocycles. The minimum atomic E-state index is -0.502. The summed E-state index contributed by atoms with van der Waals surface area (Å²) in [5.74, 6) is -0.291. The third-order valence-electron chi connectivity index (χ3n) is 4.21. The average molecular weight is 439 g/mol. The van der Waals surface area contributed by atoms with Crippen molar-refractivity contribution in [3.8, 4) is 0 Å². The molecule has 0 saturated carbocycles. The minimum Gasteiger partial charge on any atom is -0.395 e. The fraction of sp³-hybridized carbons (Fsp3) is 0.136. The first-order valence-electron chi connectivity index (χ1n) is 9.55. The van der Waals surface area contributed by atoms with Crippen LogP contribution in [-0.4, -0.2) is 35.6 Å². The number of anilines is 3. The maximum absolute atomic E-state index is 12.6. The van der Waals surface area contributed by atoms with Crippen molar-refractivity contribution in [3.05, 3.63) is 82.9 Å². The highest BCUT2D eigenvalue weighted by Crippen LogP contribution is 2.33. The number of nitro groups is 1. The van der Waals surface area contributed by atoms with Crippen LogP contribution < -0.4 is 16.0 Å². The molecule has 0 spiro atoms. The Morgan fingerprint density at radius 3 is 2.42 bits per heavy atom. The summed E-state index contributed by atoms with van der Waals surface area (Å²) in [7, 11) is 0. The molecule has 0 unspecified atom stereocenters.